The second kappa shape index (κ2) is 5.25. The van der Waals surface area contributed by atoms with Crippen LogP contribution in [0.15, 0.2) is 59.6 Å². The molecule has 0 aliphatic carbocycles. The van der Waals surface area contributed by atoms with Gasteiger partial charge in [0, 0.05) is 11.4 Å². The van der Waals surface area contributed by atoms with Gasteiger partial charge in [-0.15, -0.1) is 5.10 Å². The molecule has 0 bridgehead atoms. The highest BCUT2D eigenvalue weighted by atomic mass is 15.4. The quantitative estimate of drug-likeness (QED) is 0.714. The predicted octanol–water partition coefficient (Wildman–Crippen LogP) is 2.73. The van der Waals surface area contributed by atoms with Gasteiger partial charge in [-0.1, -0.05) is 35.5 Å². The summed E-state index contributed by atoms with van der Waals surface area (Å²) in [7, 11) is 0. The Kier molecular flexibility index (Phi) is 3.29. The lowest BCUT2D eigenvalue weighted by molar-refractivity contribution is 0.688. The molecule has 1 aromatic heterocycles. The van der Waals surface area contributed by atoms with E-state index in [4.69, 9.17) is 4.99 Å². The Bertz CT molecular complexity index is 788. The molecular formula is C16H16N4. The number of hydrogen-bond acceptors (Lipinski definition) is 3. The zero-order valence-corrected chi connectivity index (χ0v) is 11.6. The third-order valence-corrected chi connectivity index (χ3v) is 2.97. The molecule has 1 heterocycles. The summed E-state index contributed by atoms with van der Waals surface area (Å²) < 4.78 is 1.79. The third kappa shape index (κ3) is 2.32. The Labute approximate surface area is 117 Å². The molecule has 20 heavy (non-hydrogen) atoms. The molecule has 4 nitrogen and oxygen atoms in total. The van der Waals surface area contributed by atoms with Crippen molar-refractivity contribution in [1.82, 2.24) is 15.0 Å². The Balaban J connectivity index is 2.38. The number of benzene rings is 2. The minimum absolute atomic E-state index is 0.192. The molecule has 0 unspecified atom stereocenters. The van der Waals surface area contributed by atoms with Gasteiger partial charge in [-0.05, 0) is 38.1 Å². The van der Waals surface area contributed by atoms with Crippen molar-refractivity contribution in [2.24, 2.45) is 4.99 Å². The Morgan fingerprint density at radius 3 is 2.40 bits per heavy atom. The molecule has 0 saturated heterocycles. The third-order valence-electron chi connectivity index (χ3n) is 2.97. The number of para-hydroxylation sites is 1. The van der Waals surface area contributed by atoms with Crippen LogP contribution in [0.2, 0.25) is 0 Å². The molecule has 0 saturated carbocycles. The van der Waals surface area contributed by atoms with E-state index in [2.05, 4.69) is 24.2 Å². The molecule has 0 spiro atoms. The van der Waals surface area contributed by atoms with Gasteiger partial charge in [0.05, 0.1) is 11.2 Å². The molecule has 3 rings (SSSR count). The van der Waals surface area contributed by atoms with Gasteiger partial charge in [0.1, 0.15) is 0 Å². The first-order valence-corrected chi connectivity index (χ1v) is 6.70. The van der Waals surface area contributed by atoms with E-state index >= 15 is 0 Å². The highest BCUT2D eigenvalue weighted by molar-refractivity contribution is 5.76. The van der Waals surface area contributed by atoms with Crippen molar-refractivity contribution in [3.63, 3.8) is 0 Å². The van der Waals surface area contributed by atoms with E-state index in [1.54, 1.807) is 4.68 Å². The van der Waals surface area contributed by atoms with Crippen molar-refractivity contribution in [3.8, 4) is 5.69 Å². The van der Waals surface area contributed by atoms with Crippen LogP contribution in [-0.4, -0.2) is 21.0 Å². The minimum Gasteiger partial charge on any atom is -0.263 e. The fourth-order valence-electron chi connectivity index (χ4n) is 2.11. The average molecular weight is 264 g/mol. The van der Waals surface area contributed by atoms with Crippen molar-refractivity contribution in [3.05, 3.63) is 60.1 Å². The first kappa shape index (κ1) is 12.5. The molecule has 3 aromatic rings. The summed E-state index contributed by atoms with van der Waals surface area (Å²) in [5.74, 6) is 0. The lowest BCUT2D eigenvalue weighted by Gasteiger charge is -2.08. The van der Waals surface area contributed by atoms with Gasteiger partial charge in [0.15, 0.2) is 5.49 Å². The maximum Gasteiger partial charge on any atom is 0.160 e. The predicted molar refractivity (Wildman–Crippen MR) is 79.6 cm³/mol. The first-order valence-electron chi connectivity index (χ1n) is 6.70. The minimum atomic E-state index is 0.192. The fourth-order valence-corrected chi connectivity index (χ4v) is 2.11. The summed E-state index contributed by atoms with van der Waals surface area (Å²) in [4.78, 5) is 4.72. The van der Waals surface area contributed by atoms with Crippen LogP contribution in [0.1, 0.15) is 13.8 Å². The average Bonchev–Trinajstić information content (AvgIpc) is 2.48. The molecule has 100 valence electrons. The second-order valence-electron chi connectivity index (χ2n) is 4.90. The van der Waals surface area contributed by atoms with E-state index in [0.29, 0.717) is 0 Å². The van der Waals surface area contributed by atoms with E-state index in [1.807, 2.05) is 54.6 Å². The highest BCUT2D eigenvalue weighted by Gasteiger charge is 2.05. The van der Waals surface area contributed by atoms with Crippen LogP contribution in [0, 0.1) is 0 Å². The van der Waals surface area contributed by atoms with Gasteiger partial charge in [0.2, 0.25) is 0 Å². The van der Waals surface area contributed by atoms with E-state index in [0.717, 1.165) is 22.1 Å². The van der Waals surface area contributed by atoms with E-state index < -0.39 is 0 Å². The number of nitrogens with zero attached hydrogens (tertiary/aromatic N) is 4. The largest absolute Gasteiger partial charge is 0.263 e. The van der Waals surface area contributed by atoms with Gasteiger partial charge < -0.3 is 0 Å². The summed E-state index contributed by atoms with van der Waals surface area (Å²) >= 11 is 0. The highest BCUT2D eigenvalue weighted by Crippen LogP contribution is 2.08. The van der Waals surface area contributed by atoms with Gasteiger partial charge in [0.25, 0.3) is 0 Å². The van der Waals surface area contributed by atoms with Gasteiger partial charge in [-0.3, -0.25) is 4.99 Å². The van der Waals surface area contributed by atoms with Crippen LogP contribution in [-0.2, 0) is 0 Å². The maximum atomic E-state index is 4.72. The van der Waals surface area contributed by atoms with Crippen molar-refractivity contribution in [2.45, 2.75) is 19.9 Å². The zero-order valence-electron chi connectivity index (χ0n) is 11.6. The van der Waals surface area contributed by atoms with Crippen LogP contribution >= 0.6 is 0 Å². The molecule has 0 atom stereocenters. The van der Waals surface area contributed by atoms with Crippen LogP contribution in [0.25, 0.3) is 16.6 Å². The second-order valence-corrected chi connectivity index (χ2v) is 4.90. The van der Waals surface area contributed by atoms with Crippen molar-refractivity contribution in [1.29, 1.82) is 0 Å². The lowest BCUT2D eigenvalue weighted by Crippen LogP contribution is -2.25. The molecule has 0 aliphatic heterocycles. The summed E-state index contributed by atoms with van der Waals surface area (Å²) in [6.45, 7) is 4.12. The molecule has 0 amide bonds. The fraction of sp³-hybridized carbons (Fsp3) is 0.188. The number of aromatic nitrogens is 3. The molecular weight excluding hydrogens is 248 g/mol. The number of hydrogen-bond donors (Lipinski definition) is 0. The number of fused-ring (bicyclic) bond motifs is 1. The summed E-state index contributed by atoms with van der Waals surface area (Å²) in [6, 6.07) is 18.1. The van der Waals surface area contributed by atoms with Crippen LogP contribution < -0.4 is 5.49 Å². The molecule has 0 aliphatic rings. The van der Waals surface area contributed by atoms with E-state index in [9.17, 15) is 0 Å². The Morgan fingerprint density at radius 2 is 1.65 bits per heavy atom. The molecule has 2 aromatic carbocycles. The normalized spacial score (nSPS) is 12.2. The lowest BCUT2D eigenvalue weighted by atomic mass is 10.2. The molecule has 4 heteroatoms. The standard InChI is InChI=1S/C16H16N4/c1-12(2)17-16-14-10-6-7-11-15(14)18-19-20(16)13-8-4-3-5-9-13/h3-12H,1-2H3. The molecule has 0 fully saturated rings. The van der Waals surface area contributed by atoms with Crippen molar-refractivity contribution < 1.29 is 0 Å². The van der Waals surface area contributed by atoms with Gasteiger partial charge in [-0.25, -0.2) is 0 Å². The van der Waals surface area contributed by atoms with Crippen LogP contribution in [0.3, 0.4) is 0 Å². The topological polar surface area (TPSA) is 43.1 Å². The van der Waals surface area contributed by atoms with Crippen molar-refractivity contribution >= 4 is 10.9 Å². The van der Waals surface area contributed by atoms with Crippen LogP contribution in [0.5, 0.6) is 0 Å². The molecule has 0 N–H and O–H groups in total. The van der Waals surface area contributed by atoms with Crippen molar-refractivity contribution in [2.75, 3.05) is 0 Å². The van der Waals surface area contributed by atoms with E-state index in [-0.39, 0.29) is 6.04 Å². The summed E-state index contributed by atoms with van der Waals surface area (Å²) in [6.07, 6.45) is 0. The van der Waals surface area contributed by atoms with Gasteiger partial charge >= 0.3 is 0 Å². The Morgan fingerprint density at radius 1 is 0.950 bits per heavy atom. The molecule has 0 radical (unpaired) electrons. The van der Waals surface area contributed by atoms with Gasteiger partial charge in [-0.2, -0.15) is 4.68 Å². The SMILES string of the molecule is CC(C)N=c1c2ccccc2nnn1-c1ccccc1. The zero-order chi connectivity index (χ0) is 13.9. The first-order chi connectivity index (χ1) is 9.75. The summed E-state index contributed by atoms with van der Waals surface area (Å²) in [5.41, 5.74) is 2.67. The smallest absolute Gasteiger partial charge is 0.160 e. The maximum absolute atomic E-state index is 4.72. The monoisotopic (exact) mass is 264 g/mol. The number of rotatable bonds is 2. The van der Waals surface area contributed by atoms with Crippen LogP contribution in [0.4, 0.5) is 0 Å². The van der Waals surface area contributed by atoms with E-state index in [1.165, 1.54) is 0 Å². The Hall–Kier alpha value is -2.49. The summed E-state index contributed by atoms with van der Waals surface area (Å²) in [5, 5.41) is 9.60.